The van der Waals surface area contributed by atoms with Gasteiger partial charge in [0.05, 0.1) is 0 Å². The standard InChI is InChI=1S/C24H16Cl2N6O10S3.3Na/c1-32(24-28-22(25)27-23(26)29-24)12-5-6-13-11(9-12)10-18(44(37,38)39)19(20(13)33)31-30-16-8-7-14-15(21(16)45(40,41)42)3-2-4-17(14)43(34,35)36;;;/h2-10,33H,1H3,(H,34,35,36)(H,37,38,39)(H,40,41,42);;;. The average Bonchev–Trinajstić information content (AvgIpc) is 2.93. The summed E-state index contributed by atoms with van der Waals surface area (Å²) in [6.07, 6.45) is 0. The second-order valence-electron chi connectivity index (χ2n) is 9.10. The molecule has 0 bridgehead atoms. The van der Waals surface area contributed by atoms with E-state index in [0.717, 1.165) is 36.4 Å². The van der Waals surface area contributed by atoms with Gasteiger partial charge in [0.15, 0.2) is 5.75 Å². The van der Waals surface area contributed by atoms with Crippen molar-refractivity contribution in [3.8, 4) is 5.75 Å². The molecule has 0 saturated heterocycles. The van der Waals surface area contributed by atoms with Gasteiger partial charge >= 0.3 is 0 Å². The van der Waals surface area contributed by atoms with Gasteiger partial charge in [0.1, 0.15) is 26.1 Å². The van der Waals surface area contributed by atoms with E-state index >= 15 is 0 Å². The Morgan fingerprint density at radius 3 is 1.83 bits per heavy atom. The summed E-state index contributed by atoms with van der Waals surface area (Å²) in [5, 5.41) is 17.5. The van der Waals surface area contributed by atoms with E-state index in [1.165, 1.54) is 30.1 Å². The molecule has 4 N–H and O–H groups in total. The van der Waals surface area contributed by atoms with Crippen LogP contribution in [0.2, 0.25) is 10.6 Å². The molecule has 0 aliphatic carbocycles. The maximum atomic E-state index is 12.4. The number of benzene rings is 4. The zero-order valence-electron chi connectivity index (χ0n) is 25.1. The molecule has 0 aliphatic heterocycles. The van der Waals surface area contributed by atoms with Gasteiger partial charge in [-0.25, -0.2) is 0 Å². The van der Waals surface area contributed by atoms with Gasteiger partial charge in [-0.15, -0.1) is 10.2 Å². The molecular weight excluding hydrogens is 768 g/mol. The number of hydrogen-bond acceptors (Lipinski definition) is 13. The molecule has 48 heavy (non-hydrogen) atoms. The quantitative estimate of drug-likeness (QED) is 0.104. The molecule has 5 rings (SSSR count). The van der Waals surface area contributed by atoms with Crippen molar-refractivity contribution in [2.45, 2.75) is 14.7 Å². The van der Waals surface area contributed by atoms with Crippen molar-refractivity contribution in [2.24, 2.45) is 10.2 Å². The van der Waals surface area contributed by atoms with Crippen LogP contribution in [0.3, 0.4) is 0 Å². The number of azo groups is 1. The number of phenols is 1. The van der Waals surface area contributed by atoms with Crippen LogP contribution in [0.1, 0.15) is 0 Å². The molecule has 237 valence electrons. The Kier molecular flexibility index (Phi) is 14.4. The number of nitrogens with zero attached hydrogens (tertiary/aromatic N) is 6. The molecule has 24 heteroatoms. The molecule has 0 aliphatic rings. The van der Waals surface area contributed by atoms with Gasteiger partial charge < -0.3 is 10.0 Å². The largest absolute Gasteiger partial charge is 0.505 e. The first-order chi connectivity index (χ1) is 20.9. The zero-order chi connectivity index (χ0) is 33.1. The fraction of sp³-hybridized carbons (Fsp3) is 0.0417. The number of aromatic nitrogens is 3. The van der Waals surface area contributed by atoms with Crippen LogP contribution in [0.25, 0.3) is 21.5 Å². The fourth-order valence-electron chi connectivity index (χ4n) is 4.39. The summed E-state index contributed by atoms with van der Waals surface area (Å²) in [4.78, 5) is 10.5. The predicted octanol–water partition coefficient (Wildman–Crippen LogP) is 3.97. The van der Waals surface area contributed by atoms with E-state index in [1.54, 1.807) is 0 Å². The minimum absolute atomic E-state index is 0. The van der Waals surface area contributed by atoms with E-state index in [4.69, 9.17) is 23.2 Å². The maximum absolute atomic E-state index is 12.4. The number of hydrogen-bond donors (Lipinski definition) is 4. The molecule has 0 saturated carbocycles. The Morgan fingerprint density at radius 1 is 0.688 bits per heavy atom. The van der Waals surface area contributed by atoms with Crippen LogP contribution in [-0.2, 0) is 30.4 Å². The molecule has 4 aromatic carbocycles. The van der Waals surface area contributed by atoms with Gasteiger partial charge in [-0.2, -0.15) is 40.2 Å². The minimum atomic E-state index is -5.15. The average molecular weight is 785 g/mol. The Balaban J connectivity index is 0.00000267. The van der Waals surface area contributed by atoms with Crippen molar-refractivity contribution >= 4 is 187 Å². The summed E-state index contributed by atoms with van der Waals surface area (Å²) in [7, 11) is -13.5. The van der Waals surface area contributed by atoms with E-state index in [-0.39, 0.29) is 127 Å². The summed E-state index contributed by atoms with van der Waals surface area (Å²) in [6.45, 7) is 0. The Morgan fingerprint density at radius 2 is 1.27 bits per heavy atom. The van der Waals surface area contributed by atoms with Crippen LogP contribution in [0, 0.1) is 0 Å². The monoisotopic (exact) mass is 783 g/mol. The molecule has 5 aromatic rings. The first-order valence-corrected chi connectivity index (χ1v) is 16.9. The molecule has 0 fully saturated rings. The number of fused-ring (bicyclic) bond motifs is 2. The van der Waals surface area contributed by atoms with Crippen LogP contribution in [0.4, 0.5) is 23.0 Å². The van der Waals surface area contributed by atoms with Gasteiger partial charge in [-0.05, 0) is 65.0 Å². The minimum Gasteiger partial charge on any atom is -0.505 e. The number of anilines is 2. The van der Waals surface area contributed by atoms with Crippen molar-refractivity contribution in [1.29, 1.82) is 0 Å². The first-order valence-electron chi connectivity index (χ1n) is 11.9. The molecule has 1 heterocycles. The fourth-order valence-corrected chi connectivity index (χ4v) is 6.94. The SMILES string of the molecule is CN(c1ccc2c(O)c(N=Nc3ccc4c(S(=O)(=O)O)cccc4c3S(=O)(=O)O)c(S(=O)(=O)O)cc2c1)c1nc(Cl)nc(Cl)n1.[Na].[Na].[Na]. The van der Waals surface area contributed by atoms with Crippen molar-refractivity contribution in [3.05, 3.63) is 65.2 Å². The van der Waals surface area contributed by atoms with Crippen molar-refractivity contribution < 1.29 is 44.0 Å². The molecule has 0 unspecified atom stereocenters. The van der Waals surface area contributed by atoms with Crippen LogP contribution in [-0.4, -0.2) is 155 Å². The third-order valence-corrected chi connectivity index (χ3v) is 9.38. The Labute approximate surface area is 349 Å². The molecule has 16 nitrogen and oxygen atoms in total. The third kappa shape index (κ3) is 9.04. The number of halogens is 2. The molecular formula is C24H16Cl2N6Na3O10S3. The summed E-state index contributed by atoms with van der Waals surface area (Å²) in [6, 6.07) is 10.4. The van der Waals surface area contributed by atoms with Crippen molar-refractivity contribution in [2.75, 3.05) is 11.9 Å². The normalized spacial score (nSPS) is 12.0. The van der Waals surface area contributed by atoms with Crippen LogP contribution in [0.15, 0.2) is 79.5 Å². The summed E-state index contributed by atoms with van der Waals surface area (Å²) in [5.74, 6) is -0.759. The van der Waals surface area contributed by atoms with Gasteiger partial charge in [0.2, 0.25) is 16.5 Å². The number of aromatic hydroxyl groups is 1. The number of phenolic OH excluding ortho intramolecular Hbond substituents is 1. The second kappa shape index (κ2) is 16.1. The third-order valence-electron chi connectivity index (χ3n) is 6.31. The second-order valence-corrected chi connectivity index (χ2v) is 13.9. The Hall–Kier alpha value is -1.08. The molecule has 3 radical (unpaired) electrons. The van der Waals surface area contributed by atoms with Crippen LogP contribution in [0.5, 0.6) is 5.75 Å². The molecule has 0 spiro atoms. The van der Waals surface area contributed by atoms with Gasteiger partial charge in [-0.1, -0.05) is 18.2 Å². The van der Waals surface area contributed by atoms with E-state index in [9.17, 15) is 44.0 Å². The summed E-state index contributed by atoms with van der Waals surface area (Å²) >= 11 is 11.7. The summed E-state index contributed by atoms with van der Waals surface area (Å²) < 4.78 is 103. The first kappa shape index (κ1) is 43.1. The van der Waals surface area contributed by atoms with Crippen molar-refractivity contribution in [1.82, 2.24) is 15.0 Å². The Bertz CT molecular complexity index is 2420. The van der Waals surface area contributed by atoms with E-state index in [1.807, 2.05) is 0 Å². The van der Waals surface area contributed by atoms with Gasteiger partial charge in [0, 0.05) is 118 Å². The smallest absolute Gasteiger partial charge is 0.297 e. The summed E-state index contributed by atoms with van der Waals surface area (Å²) in [5.41, 5.74) is -1.05. The number of rotatable bonds is 7. The van der Waals surface area contributed by atoms with E-state index in [2.05, 4.69) is 25.2 Å². The van der Waals surface area contributed by atoms with Crippen molar-refractivity contribution in [3.63, 3.8) is 0 Å². The molecule has 1 aromatic heterocycles. The maximum Gasteiger partial charge on any atom is 0.297 e. The molecule has 0 atom stereocenters. The van der Waals surface area contributed by atoms with Gasteiger partial charge in [-0.3, -0.25) is 13.7 Å². The molecule has 0 amide bonds. The van der Waals surface area contributed by atoms with E-state index < -0.39 is 62.2 Å². The van der Waals surface area contributed by atoms with Crippen LogP contribution < -0.4 is 4.90 Å². The zero-order valence-corrected chi connectivity index (χ0v) is 35.1. The van der Waals surface area contributed by atoms with Gasteiger partial charge in [0.25, 0.3) is 30.4 Å². The topological polar surface area (TPSA) is 250 Å². The van der Waals surface area contributed by atoms with Crippen LogP contribution >= 0.6 is 23.2 Å². The predicted molar refractivity (Wildman–Crippen MR) is 178 cm³/mol. The van der Waals surface area contributed by atoms with E-state index in [0.29, 0.717) is 5.69 Å².